The number of rotatable bonds is 7. The molecule has 6 heteroatoms. The van der Waals surface area contributed by atoms with Gasteiger partial charge < -0.3 is 14.6 Å². The molecule has 35 heavy (non-hydrogen) atoms. The van der Waals surface area contributed by atoms with Crippen molar-refractivity contribution >= 4 is 34.1 Å². The molecule has 1 aromatic heterocycles. The van der Waals surface area contributed by atoms with Crippen LogP contribution in [0.1, 0.15) is 24.1 Å². The Morgan fingerprint density at radius 1 is 0.971 bits per heavy atom. The number of piperidine rings is 1. The number of benzene rings is 3. The minimum absolute atomic E-state index is 0.0354. The molecule has 4 aromatic rings. The summed E-state index contributed by atoms with van der Waals surface area (Å²) in [7, 11) is 1.64. The summed E-state index contributed by atoms with van der Waals surface area (Å²) < 4.78 is 7.60. The van der Waals surface area contributed by atoms with E-state index in [-0.39, 0.29) is 11.8 Å². The second-order valence-electron chi connectivity index (χ2n) is 9.18. The van der Waals surface area contributed by atoms with Crippen LogP contribution in [0.4, 0.5) is 5.69 Å². The fourth-order valence-corrected chi connectivity index (χ4v) is 4.98. The molecule has 1 N–H and O–H groups in total. The first-order valence-corrected chi connectivity index (χ1v) is 12.5. The molecule has 0 radical (unpaired) electrons. The van der Waals surface area contributed by atoms with Crippen LogP contribution in [-0.2, 0) is 17.9 Å². The number of carbonyl (C=O) groups is 1. The van der Waals surface area contributed by atoms with E-state index in [1.165, 1.54) is 22.2 Å². The average Bonchev–Trinajstić information content (AvgIpc) is 3.23. The molecular weight excluding hydrogens is 458 g/mol. The van der Waals surface area contributed by atoms with Gasteiger partial charge >= 0.3 is 0 Å². The Morgan fingerprint density at radius 3 is 2.40 bits per heavy atom. The Bertz CT molecular complexity index is 1290. The normalized spacial score (nSPS) is 14.8. The number of hydrogen-bond donors (Lipinski definition) is 1. The van der Waals surface area contributed by atoms with Gasteiger partial charge in [0.15, 0.2) is 0 Å². The van der Waals surface area contributed by atoms with Crippen LogP contribution in [0.25, 0.3) is 10.9 Å². The maximum absolute atomic E-state index is 12.8. The number of fused-ring (bicyclic) bond motifs is 1. The molecule has 1 amide bonds. The highest BCUT2D eigenvalue weighted by Crippen LogP contribution is 2.26. The van der Waals surface area contributed by atoms with E-state index in [0.717, 1.165) is 55.5 Å². The van der Waals surface area contributed by atoms with E-state index < -0.39 is 0 Å². The monoisotopic (exact) mass is 487 g/mol. The molecule has 0 saturated carbocycles. The highest BCUT2D eigenvalue weighted by molar-refractivity contribution is 6.30. The summed E-state index contributed by atoms with van der Waals surface area (Å²) in [6, 6.07) is 26.4. The summed E-state index contributed by atoms with van der Waals surface area (Å²) >= 11 is 6.09. The number of anilines is 1. The predicted molar refractivity (Wildman–Crippen MR) is 142 cm³/mol. The van der Waals surface area contributed by atoms with E-state index in [1.54, 1.807) is 7.11 Å². The third-order valence-corrected chi connectivity index (χ3v) is 7.10. The first kappa shape index (κ1) is 23.5. The number of nitrogens with one attached hydrogen (secondary N) is 1. The molecule has 5 nitrogen and oxygen atoms in total. The van der Waals surface area contributed by atoms with Crippen molar-refractivity contribution in [2.75, 3.05) is 25.5 Å². The van der Waals surface area contributed by atoms with Crippen LogP contribution < -0.4 is 10.1 Å². The molecule has 0 aliphatic carbocycles. The number of carbonyl (C=O) groups excluding carboxylic acids is 1. The topological polar surface area (TPSA) is 46.5 Å². The van der Waals surface area contributed by atoms with E-state index in [1.807, 2.05) is 36.4 Å². The molecular formula is C29H30ClN3O2. The summed E-state index contributed by atoms with van der Waals surface area (Å²) in [6.07, 6.45) is 1.72. The number of likely N-dealkylation sites (tertiary alicyclic amines) is 1. The van der Waals surface area contributed by atoms with Crippen molar-refractivity contribution in [3.05, 3.63) is 95.1 Å². The van der Waals surface area contributed by atoms with Crippen molar-refractivity contribution in [2.24, 2.45) is 5.92 Å². The molecule has 0 spiro atoms. The van der Waals surface area contributed by atoms with Crippen molar-refractivity contribution < 1.29 is 9.53 Å². The van der Waals surface area contributed by atoms with Gasteiger partial charge in [0.05, 0.1) is 7.11 Å². The van der Waals surface area contributed by atoms with Gasteiger partial charge in [0.1, 0.15) is 5.75 Å². The van der Waals surface area contributed by atoms with Crippen LogP contribution in [0.5, 0.6) is 5.75 Å². The number of methoxy groups -OCH3 is 1. The van der Waals surface area contributed by atoms with Gasteiger partial charge in [-0.1, -0.05) is 41.9 Å². The van der Waals surface area contributed by atoms with Crippen molar-refractivity contribution in [3.63, 3.8) is 0 Å². The molecule has 180 valence electrons. The summed E-state index contributed by atoms with van der Waals surface area (Å²) in [4.78, 5) is 15.3. The zero-order valence-corrected chi connectivity index (χ0v) is 20.7. The van der Waals surface area contributed by atoms with E-state index in [9.17, 15) is 4.79 Å². The molecule has 0 unspecified atom stereocenters. The van der Waals surface area contributed by atoms with E-state index in [4.69, 9.17) is 16.3 Å². The van der Waals surface area contributed by atoms with Crippen LogP contribution in [0.2, 0.25) is 5.02 Å². The number of amides is 1. The van der Waals surface area contributed by atoms with Crippen LogP contribution >= 0.6 is 11.6 Å². The number of nitrogens with zero attached hydrogens (tertiary/aromatic N) is 2. The fourth-order valence-electron chi connectivity index (χ4n) is 4.86. The van der Waals surface area contributed by atoms with Gasteiger partial charge in [-0.25, -0.2) is 0 Å². The van der Waals surface area contributed by atoms with Crippen molar-refractivity contribution in [2.45, 2.75) is 25.9 Å². The Morgan fingerprint density at radius 2 is 1.69 bits per heavy atom. The van der Waals surface area contributed by atoms with Crippen molar-refractivity contribution in [3.8, 4) is 5.75 Å². The van der Waals surface area contributed by atoms with Gasteiger partial charge in [-0.3, -0.25) is 9.69 Å². The molecule has 1 aliphatic rings. The number of halogens is 1. The number of hydrogen-bond acceptors (Lipinski definition) is 3. The number of para-hydroxylation sites is 1. The SMILES string of the molecule is COc1ccc(NC(=O)C2CCN(Cc3cc4ccccc4n3Cc3ccc(Cl)cc3)CC2)cc1. The molecule has 1 aliphatic heterocycles. The van der Waals surface area contributed by atoms with Gasteiger partial charge in [0.25, 0.3) is 0 Å². The highest BCUT2D eigenvalue weighted by Gasteiger charge is 2.26. The minimum Gasteiger partial charge on any atom is -0.497 e. The summed E-state index contributed by atoms with van der Waals surface area (Å²) in [6.45, 7) is 3.49. The van der Waals surface area contributed by atoms with E-state index in [2.05, 4.69) is 57.2 Å². The van der Waals surface area contributed by atoms with Crippen molar-refractivity contribution in [1.29, 1.82) is 0 Å². The number of ether oxygens (including phenoxy) is 1. The summed E-state index contributed by atoms with van der Waals surface area (Å²) in [5.74, 6) is 0.921. The molecule has 0 atom stereocenters. The Labute approximate surface area is 211 Å². The zero-order chi connectivity index (χ0) is 24.2. The largest absolute Gasteiger partial charge is 0.497 e. The quantitative estimate of drug-likeness (QED) is 0.337. The zero-order valence-electron chi connectivity index (χ0n) is 19.9. The maximum Gasteiger partial charge on any atom is 0.227 e. The average molecular weight is 488 g/mol. The molecule has 5 rings (SSSR count). The molecule has 1 saturated heterocycles. The lowest BCUT2D eigenvalue weighted by molar-refractivity contribution is -0.121. The first-order valence-electron chi connectivity index (χ1n) is 12.1. The maximum atomic E-state index is 12.8. The highest BCUT2D eigenvalue weighted by atomic mass is 35.5. The third-order valence-electron chi connectivity index (χ3n) is 6.85. The Balaban J connectivity index is 1.24. The number of aromatic nitrogens is 1. The van der Waals surface area contributed by atoms with Crippen molar-refractivity contribution in [1.82, 2.24) is 9.47 Å². The smallest absolute Gasteiger partial charge is 0.227 e. The molecule has 3 aromatic carbocycles. The van der Waals surface area contributed by atoms with Gasteiger partial charge in [0, 0.05) is 40.9 Å². The Hall–Kier alpha value is -3.28. The second kappa shape index (κ2) is 10.5. The summed E-state index contributed by atoms with van der Waals surface area (Å²) in [5.41, 5.74) is 4.57. The van der Waals surface area contributed by atoms with Gasteiger partial charge in [-0.15, -0.1) is 0 Å². The summed E-state index contributed by atoms with van der Waals surface area (Å²) in [5, 5.41) is 5.07. The molecule has 1 fully saturated rings. The van der Waals surface area contributed by atoms with Crippen LogP contribution in [0.3, 0.4) is 0 Å². The van der Waals surface area contributed by atoms with Crippen LogP contribution in [-0.4, -0.2) is 35.6 Å². The lowest BCUT2D eigenvalue weighted by Crippen LogP contribution is -2.38. The third kappa shape index (κ3) is 5.53. The van der Waals surface area contributed by atoms with E-state index in [0.29, 0.717) is 0 Å². The lowest BCUT2D eigenvalue weighted by atomic mass is 9.95. The van der Waals surface area contributed by atoms with Crippen LogP contribution in [0, 0.1) is 5.92 Å². The van der Waals surface area contributed by atoms with Crippen LogP contribution in [0.15, 0.2) is 78.9 Å². The standard InChI is InChI=1S/C29H30ClN3O2/c1-35-27-12-10-25(11-13-27)31-29(34)22-14-16-32(17-15-22)20-26-18-23-4-2-3-5-28(23)33(26)19-21-6-8-24(30)9-7-21/h2-13,18,22H,14-17,19-20H2,1H3,(H,31,34). The fraction of sp³-hybridized carbons (Fsp3) is 0.276. The lowest BCUT2D eigenvalue weighted by Gasteiger charge is -2.31. The molecule has 2 heterocycles. The predicted octanol–water partition coefficient (Wildman–Crippen LogP) is 6.20. The Kier molecular flexibility index (Phi) is 7.07. The van der Waals surface area contributed by atoms with E-state index >= 15 is 0 Å². The first-order chi connectivity index (χ1) is 17.1. The minimum atomic E-state index is 0.0354. The van der Waals surface area contributed by atoms with Gasteiger partial charge in [-0.05, 0) is 85.4 Å². The molecule has 0 bridgehead atoms. The van der Waals surface area contributed by atoms with Gasteiger partial charge in [0.2, 0.25) is 5.91 Å². The van der Waals surface area contributed by atoms with Gasteiger partial charge in [-0.2, -0.15) is 0 Å². The second-order valence-corrected chi connectivity index (χ2v) is 9.61.